The number of nitrogens with zero attached hydrogens (tertiary/aromatic N) is 3. The van der Waals surface area contributed by atoms with Gasteiger partial charge in [-0.2, -0.15) is 39.5 Å². The number of nitrogens with one attached hydrogen (secondary N) is 5. The number of carbonyl (C=O) groups is 7. The van der Waals surface area contributed by atoms with E-state index >= 15 is 0 Å². The molecular formula is C63H76F9N8O17+. The molecule has 3 heterocycles. The Labute approximate surface area is 548 Å². The minimum Gasteiger partial charge on any atom is -0.508 e. The average molecular weight is 1390 g/mol. The van der Waals surface area contributed by atoms with E-state index in [1.54, 1.807) is 45.4 Å². The van der Waals surface area contributed by atoms with Gasteiger partial charge >= 0.3 is 23.9 Å². The van der Waals surface area contributed by atoms with Gasteiger partial charge in [-0.3, -0.25) is 33.6 Å². The van der Waals surface area contributed by atoms with Crippen LogP contribution in [0.25, 0.3) is 22.3 Å². The Balaban J connectivity index is 1.19. The standard InChI is InChI=1S/C63H75F9N8O17/c1-30-27-79-48(49(30)86)56(93)77-57(96-24-23-80(4,5)6)44(85)26-42(73-52(89)38-13-11-35(12-14-38)33-7-9-34(10-8-33)36-17-21-41(22-18-36)97-29-60(64,65)61(66,67)62(68,69)63(70,71)72)53(90)74-45(31(2)81)58(94)78-28-40(84)25-43(78)54(91)76-47(55(92)75-46(32(3)82)59(79)95)51(88)50(87)37-15-19-39(83)20-16-37/h7-22,30-32,40,42-51,57,81-82,84-88H,23-29H2,1-6H3,(H5-,73,74,75,76,77,83,89,90,91,92,93)/p+1/t30-,31+,32+,40+,42-,43-,44+,45-,46-,47-,48-,49-,50-,51-,57+/m0/s1. The lowest BCUT2D eigenvalue weighted by Crippen LogP contribution is -2.64. The molecule has 97 heavy (non-hydrogen) atoms. The molecule has 3 saturated heterocycles. The van der Waals surface area contributed by atoms with Gasteiger partial charge in [-0.05, 0) is 78.1 Å². The highest BCUT2D eigenvalue weighted by Gasteiger charge is 2.82. The molecule has 0 bridgehead atoms. The van der Waals surface area contributed by atoms with E-state index in [-0.39, 0.29) is 34.5 Å². The normalized spacial score (nSPS) is 26.1. The van der Waals surface area contributed by atoms with E-state index in [2.05, 4.69) is 31.3 Å². The molecule has 4 aromatic carbocycles. The molecule has 4 aromatic rings. The van der Waals surface area contributed by atoms with Crippen LogP contribution in [0, 0.1) is 5.92 Å². The topological polar surface area (TPSA) is 366 Å². The van der Waals surface area contributed by atoms with Crippen LogP contribution in [0.15, 0.2) is 97.1 Å². The van der Waals surface area contributed by atoms with Gasteiger partial charge in [0.1, 0.15) is 72.6 Å². The molecule has 7 rings (SSSR count). The number of fused-ring (bicyclic) bond motifs is 2. The van der Waals surface area contributed by atoms with E-state index < -0.39 is 195 Å². The van der Waals surface area contributed by atoms with Crippen LogP contribution in [0.5, 0.6) is 11.5 Å². The van der Waals surface area contributed by atoms with Crippen LogP contribution in [0.2, 0.25) is 0 Å². The summed E-state index contributed by atoms with van der Waals surface area (Å²) in [6.45, 7) is -0.0269. The molecule has 15 atom stereocenters. The number of hydrogen-bond acceptors (Lipinski definition) is 17. The van der Waals surface area contributed by atoms with Gasteiger partial charge in [-0.1, -0.05) is 67.6 Å². The molecule has 25 nitrogen and oxygen atoms in total. The van der Waals surface area contributed by atoms with Crippen LogP contribution in [0.3, 0.4) is 0 Å². The van der Waals surface area contributed by atoms with Crippen molar-refractivity contribution in [2.45, 2.75) is 143 Å². The maximum Gasteiger partial charge on any atom is 0.460 e. The predicted molar refractivity (Wildman–Crippen MR) is 321 cm³/mol. The van der Waals surface area contributed by atoms with Gasteiger partial charge in [-0.15, -0.1) is 0 Å². The first kappa shape index (κ1) is 76.2. The van der Waals surface area contributed by atoms with Crippen LogP contribution in [-0.2, 0) is 33.5 Å². The van der Waals surface area contributed by atoms with Crippen molar-refractivity contribution in [1.82, 2.24) is 36.4 Å². The van der Waals surface area contributed by atoms with Crippen molar-refractivity contribution in [3.63, 3.8) is 0 Å². The Bertz CT molecular complexity index is 3440. The highest BCUT2D eigenvalue weighted by atomic mass is 19.4. The molecule has 13 N–H and O–H groups in total. The highest BCUT2D eigenvalue weighted by Crippen LogP contribution is 2.53. The lowest BCUT2D eigenvalue weighted by molar-refractivity contribution is -0.870. The van der Waals surface area contributed by atoms with E-state index in [4.69, 9.17) is 4.74 Å². The summed E-state index contributed by atoms with van der Waals surface area (Å²) in [6.07, 6.45) is -23.6. The molecule has 0 spiro atoms. The van der Waals surface area contributed by atoms with Gasteiger partial charge in [0.2, 0.25) is 35.4 Å². The van der Waals surface area contributed by atoms with Crippen molar-refractivity contribution in [2.75, 3.05) is 54.0 Å². The number of phenols is 1. The van der Waals surface area contributed by atoms with Crippen molar-refractivity contribution >= 4 is 41.4 Å². The second kappa shape index (κ2) is 30.3. The fraction of sp³-hybridized carbons (Fsp3) is 0.508. The molecule has 0 radical (unpaired) electrons. The SMILES string of the molecule is C[C@@H](O)[C@@H]1NC(=O)[C@H]([C@H](O)[C@@H](O)c2ccc(O)cc2)NC(=O)[C@@H]2C[C@@H](O)CN2C(=O)[C@H]([C@@H](C)O)NC(=O)[C@@H](NC(=O)c2ccc(-c3ccc(-c4ccc(OCC(F)(F)C(F)(F)C(F)(F)C(F)(F)F)cc4)cc3)cc2)C[C@@H](O)[C@@H](OCC[N+](C)(C)C)NC(=O)[C@@H]2[C@@H](O)[C@@H](C)CN2C1=O. The number of rotatable bonds is 18. The molecule has 532 valence electrons. The van der Waals surface area contributed by atoms with E-state index in [0.717, 1.165) is 60.0 Å². The molecule has 3 aliphatic rings. The molecule has 3 aliphatic heterocycles. The Morgan fingerprint density at radius 1 is 0.629 bits per heavy atom. The number of benzene rings is 4. The number of halogens is 9. The molecular weight excluding hydrogens is 1310 g/mol. The number of carbonyl (C=O) groups excluding carboxylic acids is 7. The maximum atomic E-state index is 14.8. The number of hydrogen-bond donors (Lipinski definition) is 13. The van der Waals surface area contributed by atoms with Crippen LogP contribution in [0.4, 0.5) is 39.5 Å². The van der Waals surface area contributed by atoms with Crippen molar-refractivity contribution in [2.24, 2.45) is 5.92 Å². The zero-order valence-electron chi connectivity index (χ0n) is 52.8. The number of phenolic OH excluding ortho intramolecular Hbond substituents is 1. The fourth-order valence-electron chi connectivity index (χ4n) is 10.9. The summed E-state index contributed by atoms with van der Waals surface area (Å²) in [4.78, 5) is 104. The first-order valence-electron chi connectivity index (χ1n) is 30.3. The predicted octanol–water partition coefficient (Wildman–Crippen LogP) is 1.08. The molecule has 3 fully saturated rings. The third-order valence-corrected chi connectivity index (χ3v) is 16.7. The molecule has 0 unspecified atom stereocenters. The van der Waals surface area contributed by atoms with E-state index in [0.29, 0.717) is 22.3 Å². The lowest BCUT2D eigenvalue weighted by atomic mass is 9.96. The van der Waals surface area contributed by atoms with Crippen LogP contribution < -0.4 is 31.3 Å². The summed E-state index contributed by atoms with van der Waals surface area (Å²) in [5, 5.41) is 102. The van der Waals surface area contributed by atoms with Gasteiger partial charge in [0.15, 0.2) is 12.8 Å². The van der Waals surface area contributed by atoms with Crippen molar-refractivity contribution in [3.05, 3.63) is 108 Å². The number of aliphatic hydroxyl groups is 7. The Kier molecular flexibility index (Phi) is 23.8. The number of likely N-dealkylation sites (N-methyl/N-ethyl adjacent to an activating group) is 1. The number of alkyl halides is 9. The second-order valence-corrected chi connectivity index (χ2v) is 25.2. The zero-order valence-corrected chi connectivity index (χ0v) is 52.8. The van der Waals surface area contributed by atoms with Crippen molar-refractivity contribution in [3.8, 4) is 33.8 Å². The van der Waals surface area contributed by atoms with Gasteiger partial charge in [0.25, 0.3) is 5.91 Å². The van der Waals surface area contributed by atoms with Crippen LogP contribution >= 0.6 is 0 Å². The van der Waals surface area contributed by atoms with Gasteiger partial charge < -0.3 is 91.2 Å². The summed E-state index contributed by atoms with van der Waals surface area (Å²) in [5.41, 5.74) is 1.56. The van der Waals surface area contributed by atoms with Gasteiger partial charge in [0, 0.05) is 37.4 Å². The maximum absolute atomic E-state index is 14.8. The third-order valence-electron chi connectivity index (χ3n) is 16.7. The Morgan fingerprint density at radius 2 is 1.12 bits per heavy atom. The van der Waals surface area contributed by atoms with Gasteiger partial charge in [-0.25, -0.2) is 0 Å². The minimum absolute atomic E-state index is 0.115. The Hall–Kier alpha value is -8.22. The van der Waals surface area contributed by atoms with E-state index in [1.807, 2.05) is 0 Å². The highest BCUT2D eigenvalue weighted by molar-refractivity contribution is 6.00. The molecule has 0 aromatic heterocycles. The fourth-order valence-corrected chi connectivity index (χ4v) is 10.9. The van der Waals surface area contributed by atoms with Crippen LogP contribution in [-0.4, -0.2) is 254 Å². The van der Waals surface area contributed by atoms with Crippen molar-refractivity contribution < 1.29 is 128 Å². The third kappa shape index (κ3) is 17.6. The number of ether oxygens (including phenoxy) is 2. The molecule has 0 saturated carbocycles. The number of aromatic hydroxyl groups is 1. The molecule has 0 aliphatic carbocycles. The van der Waals surface area contributed by atoms with Crippen molar-refractivity contribution in [1.29, 1.82) is 0 Å². The number of quaternary nitrogens is 1. The summed E-state index contributed by atoms with van der Waals surface area (Å²) in [5.74, 6) is -30.3. The second-order valence-electron chi connectivity index (χ2n) is 25.2. The molecule has 7 amide bonds. The van der Waals surface area contributed by atoms with Gasteiger partial charge in [0.05, 0.1) is 52.2 Å². The summed E-state index contributed by atoms with van der Waals surface area (Å²) >= 11 is 0. The average Bonchev–Trinajstić information content (AvgIpc) is 1.49. The summed E-state index contributed by atoms with van der Waals surface area (Å²) in [6, 6.07) is 8.89. The molecule has 34 heteroatoms. The number of aliphatic hydroxyl groups excluding tert-OH is 7. The first-order valence-corrected chi connectivity index (χ1v) is 30.3. The first-order chi connectivity index (χ1) is 45.0. The number of amides is 7. The van der Waals surface area contributed by atoms with Crippen LogP contribution in [0.1, 0.15) is 55.6 Å². The van der Waals surface area contributed by atoms with E-state index in [9.17, 15) is 114 Å². The largest absolute Gasteiger partial charge is 0.508 e. The smallest absolute Gasteiger partial charge is 0.460 e. The summed E-state index contributed by atoms with van der Waals surface area (Å²) in [7, 11) is 5.33. The lowest BCUT2D eigenvalue weighted by Gasteiger charge is -2.34. The summed E-state index contributed by atoms with van der Waals surface area (Å²) < 4.78 is 131. The van der Waals surface area contributed by atoms with E-state index in [1.165, 1.54) is 43.3 Å². The monoisotopic (exact) mass is 1390 g/mol. The zero-order chi connectivity index (χ0) is 72.2. The Morgan fingerprint density at radius 3 is 1.64 bits per heavy atom. The minimum atomic E-state index is -7.09. The quantitative estimate of drug-likeness (QED) is 0.0490.